The van der Waals surface area contributed by atoms with Gasteiger partial charge in [0.15, 0.2) is 0 Å². The van der Waals surface area contributed by atoms with E-state index in [0.717, 1.165) is 18.4 Å². The maximum absolute atomic E-state index is 12.0. The monoisotopic (exact) mass is 326 g/mol. The zero-order valence-corrected chi connectivity index (χ0v) is 14.6. The summed E-state index contributed by atoms with van der Waals surface area (Å²) in [7, 11) is -3.38. The summed E-state index contributed by atoms with van der Waals surface area (Å²) < 4.78 is 25.2. The highest BCUT2D eigenvalue weighted by molar-refractivity contribution is 7.92. The van der Waals surface area contributed by atoms with E-state index in [9.17, 15) is 13.2 Å². The minimum atomic E-state index is -3.38. The Morgan fingerprint density at radius 3 is 2.18 bits per heavy atom. The molecule has 0 saturated carbocycles. The second-order valence-electron chi connectivity index (χ2n) is 5.48. The van der Waals surface area contributed by atoms with Crippen molar-refractivity contribution in [1.82, 2.24) is 5.32 Å². The molecule has 0 radical (unpaired) electrons. The molecule has 1 aromatic carbocycles. The lowest BCUT2D eigenvalue weighted by molar-refractivity contribution is -0.125. The van der Waals surface area contributed by atoms with E-state index in [1.165, 1.54) is 10.6 Å². The van der Waals surface area contributed by atoms with Crippen LogP contribution in [0.1, 0.15) is 32.3 Å². The third-order valence-electron chi connectivity index (χ3n) is 3.69. The normalized spacial score (nSPS) is 11.5. The maximum Gasteiger partial charge on any atom is 0.232 e. The first kappa shape index (κ1) is 18.5. The van der Waals surface area contributed by atoms with Crippen LogP contribution in [0, 0.1) is 12.8 Å². The van der Waals surface area contributed by atoms with Gasteiger partial charge in [-0.2, -0.15) is 0 Å². The SMILES string of the molecule is CCC(CC)C(=O)NCCN(c1ccc(C)cc1)S(C)(=O)=O. The molecule has 1 rings (SSSR count). The van der Waals surface area contributed by atoms with Gasteiger partial charge in [0.2, 0.25) is 15.9 Å². The maximum atomic E-state index is 12.0. The molecular formula is C16H26N2O3S. The molecule has 6 heteroatoms. The van der Waals surface area contributed by atoms with Crippen LogP contribution in [-0.2, 0) is 14.8 Å². The molecule has 0 spiro atoms. The Hall–Kier alpha value is -1.56. The number of aryl methyl sites for hydroxylation is 1. The Bertz CT molecular complexity index is 578. The first-order valence-corrected chi connectivity index (χ1v) is 9.46. The standard InChI is InChI=1S/C16H26N2O3S/c1-5-14(6-2)16(19)17-11-12-18(22(4,20)21)15-9-7-13(3)8-10-15/h7-10,14H,5-6,11-12H2,1-4H3,(H,17,19). The highest BCUT2D eigenvalue weighted by Gasteiger charge is 2.18. The molecular weight excluding hydrogens is 300 g/mol. The number of nitrogens with zero attached hydrogens (tertiary/aromatic N) is 1. The largest absolute Gasteiger partial charge is 0.354 e. The topological polar surface area (TPSA) is 66.5 Å². The Kier molecular flexibility index (Phi) is 6.87. The van der Waals surface area contributed by atoms with Gasteiger partial charge in [-0.15, -0.1) is 0 Å². The van der Waals surface area contributed by atoms with E-state index in [1.54, 1.807) is 12.1 Å². The first-order valence-electron chi connectivity index (χ1n) is 7.61. The summed E-state index contributed by atoms with van der Waals surface area (Å²) in [5.74, 6) is -0.0200. The number of carbonyl (C=O) groups excluding carboxylic acids is 1. The van der Waals surface area contributed by atoms with Gasteiger partial charge in [0.1, 0.15) is 0 Å². The molecule has 0 aromatic heterocycles. The number of nitrogens with one attached hydrogen (secondary N) is 1. The van der Waals surface area contributed by atoms with Gasteiger partial charge in [0.25, 0.3) is 0 Å². The first-order chi connectivity index (χ1) is 10.3. The minimum absolute atomic E-state index is 0.00828. The molecule has 22 heavy (non-hydrogen) atoms. The minimum Gasteiger partial charge on any atom is -0.354 e. The van der Waals surface area contributed by atoms with Gasteiger partial charge < -0.3 is 5.32 Å². The fourth-order valence-corrected chi connectivity index (χ4v) is 3.21. The Labute approximate surface area is 133 Å². The van der Waals surface area contributed by atoms with Crippen LogP contribution in [0.5, 0.6) is 0 Å². The smallest absolute Gasteiger partial charge is 0.232 e. The second kappa shape index (κ2) is 8.17. The molecule has 0 aliphatic carbocycles. The van der Waals surface area contributed by atoms with Crippen LogP contribution in [-0.4, -0.2) is 33.7 Å². The van der Waals surface area contributed by atoms with Crippen molar-refractivity contribution in [2.45, 2.75) is 33.6 Å². The van der Waals surface area contributed by atoms with Gasteiger partial charge in [-0.05, 0) is 31.9 Å². The molecule has 0 bridgehead atoms. The molecule has 124 valence electrons. The van der Waals surface area contributed by atoms with E-state index >= 15 is 0 Å². The Balaban J connectivity index is 2.72. The lowest BCUT2D eigenvalue weighted by atomic mass is 10.0. The Morgan fingerprint density at radius 1 is 1.18 bits per heavy atom. The zero-order valence-electron chi connectivity index (χ0n) is 13.8. The number of amides is 1. The van der Waals surface area contributed by atoms with Crippen molar-refractivity contribution < 1.29 is 13.2 Å². The van der Waals surface area contributed by atoms with Crippen LogP contribution in [0.2, 0.25) is 0 Å². The predicted octanol–water partition coefficient (Wildman–Crippen LogP) is 2.31. The number of benzene rings is 1. The summed E-state index contributed by atoms with van der Waals surface area (Å²) in [6, 6.07) is 7.30. The van der Waals surface area contributed by atoms with E-state index in [1.807, 2.05) is 32.9 Å². The van der Waals surface area contributed by atoms with Gasteiger partial charge in [0, 0.05) is 12.5 Å². The lowest BCUT2D eigenvalue weighted by Crippen LogP contribution is -2.39. The molecule has 1 aromatic rings. The van der Waals surface area contributed by atoms with E-state index in [0.29, 0.717) is 12.2 Å². The summed E-state index contributed by atoms with van der Waals surface area (Å²) in [4.78, 5) is 11.9. The van der Waals surface area contributed by atoms with Crippen molar-refractivity contribution >= 4 is 21.6 Å². The molecule has 0 unspecified atom stereocenters. The fourth-order valence-electron chi connectivity index (χ4n) is 2.28. The number of hydrogen-bond acceptors (Lipinski definition) is 3. The van der Waals surface area contributed by atoms with Crippen molar-refractivity contribution in [1.29, 1.82) is 0 Å². The lowest BCUT2D eigenvalue weighted by Gasteiger charge is -2.23. The van der Waals surface area contributed by atoms with Crippen LogP contribution < -0.4 is 9.62 Å². The Morgan fingerprint density at radius 2 is 1.73 bits per heavy atom. The molecule has 5 nitrogen and oxygen atoms in total. The fraction of sp³-hybridized carbons (Fsp3) is 0.562. The number of anilines is 1. The van der Waals surface area contributed by atoms with Crippen molar-refractivity contribution in [3.05, 3.63) is 29.8 Å². The van der Waals surface area contributed by atoms with E-state index in [2.05, 4.69) is 5.32 Å². The van der Waals surface area contributed by atoms with Crippen LogP contribution in [0.15, 0.2) is 24.3 Å². The molecule has 1 N–H and O–H groups in total. The number of carbonyl (C=O) groups is 1. The molecule has 0 aliphatic rings. The van der Waals surface area contributed by atoms with Gasteiger partial charge >= 0.3 is 0 Å². The summed E-state index contributed by atoms with van der Waals surface area (Å²) in [5, 5.41) is 2.82. The average molecular weight is 326 g/mol. The van der Waals surface area contributed by atoms with Crippen molar-refractivity contribution in [2.24, 2.45) is 5.92 Å². The molecule has 0 aliphatic heterocycles. The summed E-state index contributed by atoms with van der Waals surface area (Å²) in [6.07, 6.45) is 2.75. The van der Waals surface area contributed by atoms with Crippen molar-refractivity contribution in [3.8, 4) is 0 Å². The summed E-state index contributed by atoms with van der Waals surface area (Å²) in [5.41, 5.74) is 1.68. The number of sulfonamides is 1. The van der Waals surface area contributed by atoms with Crippen molar-refractivity contribution in [3.63, 3.8) is 0 Å². The van der Waals surface area contributed by atoms with Crippen LogP contribution >= 0.6 is 0 Å². The molecule has 1 amide bonds. The van der Waals surface area contributed by atoms with Crippen LogP contribution in [0.3, 0.4) is 0 Å². The second-order valence-corrected chi connectivity index (χ2v) is 7.38. The van der Waals surface area contributed by atoms with Gasteiger partial charge in [-0.25, -0.2) is 8.42 Å². The quantitative estimate of drug-likeness (QED) is 0.797. The van der Waals surface area contributed by atoms with Gasteiger partial charge in [-0.1, -0.05) is 31.5 Å². The third-order valence-corrected chi connectivity index (χ3v) is 4.89. The number of rotatable bonds is 8. The highest BCUT2D eigenvalue weighted by atomic mass is 32.2. The van der Waals surface area contributed by atoms with Crippen LogP contribution in [0.4, 0.5) is 5.69 Å². The molecule has 0 saturated heterocycles. The van der Waals surface area contributed by atoms with Gasteiger partial charge in [-0.3, -0.25) is 9.10 Å². The van der Waals surface area contributed by atoms with Crippen molar-refractivity contribution in [2.75, 3.05) is 23.7 Å². The van der Waals surface area contributed by atoms with E-state index < -0.39 is 10.0 Å². The predicted molar refractivity (Wildman–Crippen MR) is 90.5 cm³/mol. The van der Waals surface area contributed by atoms with E-state index in [-0.39, 0.29) is 18.4 Å². The summed E-state index contributed by atoms with van der Waals surface area (Å²) >= 11 is 0. The zero-order chi connectivity index (χ0) is 16.8. The molecule has 0 atom stereocenters. The van der Waals surface area contributed by atoms with E-state index in [4.69, 9.17) is 0 Å². The highest BCUT2D eigenvalue weighted by Crippen LogP contribution is 2.17. The summed E-state index contributed by atoms with van der Waals surface area (Å²) in [6.45, 7) is 6.43. The third kappa shape index (κ3) is 5.33. The number of hydrogen-bond donors (Lipinski definition) is 1. The average Bonchev–Trinajstić information content (AvgIpc) is 2.45. The van der Waals surface area contributed by atoms with Gasteiger partial charge in [0.05, 0.1) is 18.5 Å². The molecule has 0 fully saturated rings. The molecule has 0 heterocycles. The van der Waals surface area contributed by atoms with Crippen LogP contribution in [0.25, 0.3) is 0 Å².